The van der Waals surface area contributed by atoms with Crippen molar-refractivity contribution in [2.45, 2.75) is 46.5 Å². The molecule has 30 heavy (non-hydrogen) atoms. The van der Waals surface area contributed by atoms with Crippen molar-refractivity contribution in [1.82, 2.24) is 5.43 Å². The zero-order valence-electron chi connectivity index (χ0n) is 17.8. The molecule has 0 radical (unpaired) electrons. The normalized spacial score (nSPS) is 16.5. The van der Waals surface area contributed by atoms with E-state index in [2.05, 4.69) is 36.6 Å². The van der Waals surface area contributed by atoms with E-state index in [9.17, 15) is 9.59 Å². The molecule has 0 saturated heterocycles. The molecule has 1 fully saturated rings. The van der Waals surface area contributed by atoms with Crippen molar-refractivity contribution in [2.75, 3.05) is 5.32 Å². The zero-order chi connectivity index (χ0) is 21.6. The molecule has 0 aliphatic heterocycles. The third-order valence-corrected chi connectivity index (χ3v) is 5.40. The molecular formula is C24H29N3O3. The van der Waals surface area contributed by atoms with Gasteiger partial charge in [0.2, 0.25) is 0 Å². The highest BCUT2D eigenvalue weighted by atomic mass is 16.5. The lowest BCUT2D eigenvalue weighted by atomic mass is 9.72. The summed E-state index contributed by atoms with van der Waals surface area (Å²) in [6, 6.07) is 16.2. The molecule has 2 aromatic carbocycles. The van der Waals surface area contributed by atoms with Crippen LogP contribution in [0.1, 0.15) is 46.5 Å². The lowest BCUT2D eigenvalue weighted by Crippen LogP contribution is -2.33. The van der Waals surface area contributed by atoms with Crippen molar-refractivity contribution in [3.63, 3.8) is 0 Å². The van der Waals surface area contributed by atoms with Crippen molar-refractivity contribution in [1.29, 1.82) is 0 Å². The minimum absolute atomic E-state index is 0.288. The molecule has 158 valence electrons. The number of amides is 2. The van der Waals surface area contributed by atoms with E-state index in [4.69, 9.17) is 4.74 Å². The average Bonchev–Trinajstić information content (AvgIpc) is 2.74. The maximum Gasteiger partial charge on any atom is 0.329 e. The van der Waals surface area contributed by atoms with Crippen LogP contribution in [0.4, 0.5) is 5.69 Å². The van der Waals surface area contributed by atoms with E-state index in [0.29, 0.717) is 17.4 Å². The molecule has 3 rings (SSSR count). The summed E-state index contributed by atoms with van der Waals surface area (Å²) in [5.41, 5.74) is 4.12. The molecule has 0 unspecified atom stereocenters. The minimum atomic E-state index is -0.773. The molecule has 0 spiro atoms. The van der Waals surface area contributed by atoms with Crippen molar-refractivity contribution >= 4 is 23.2 Å². The number of nitrogens with zero attached hydrogens (tertiary/aromatic N) is 1. The van der Waals surface area contributed by atoms with Gasteiger partial charge in [0.05, 0.1) is 0 Å². The topological polar surface area (TPSA) is 79.8 Å². The van der Waals surface area contributed by atoms with Crippen molar-refractivity contribution < 1.29 is 14.3 Å². The molecule has 0 atom stereocenters. The number of hydrogen-bond donors (Lipinski definition) is 2. The Kier molecular flexibility index (Phi) is 6.87. The van der Waals surface area contributed by atoms with Crippen LogP contribution in [0, 0.1) is 11.3 Å². The SMILES string of the molecule is CC(C)(C)C1CCC(=NNC(=O)C(=O)Nc2ccc(Oc3ccccc3)cc2)CC1. The largest absolute Gasteiger partial charge is 0.457 e. The number of carbonyl (C=O) groups excluding carboxylic acids is 2. The summed E-state index contributed by atoms with van der Waals surface area (Å²) in [5.74, 6) is 0.499. The van der Waals surface area contributed by atoms with E-state index < -0.39 is 11.8 Å². The van der Waals surface area contributed by atoms with Gasteiger partial charge in [-0.25, -0.2) is 5.43 Å². The number of ether oxygens (including phenoxy) is 1. The maximum atomic E-state index is 12.1. The number of para-hydroxylation sites is 1. The number of nitrogens with one attached hydrogen (secondary N) is 2. The van der Waals surface area contributed by atoms with Gasteiger partial charge in [-0.3, -0.25) is 9.59 Å². The monoisotopic (exact) mass is 407 g/mol. The molecule has 2 aromatic rings. The molecule has 1 aliphatic rings. The third kappa shape index (κ3) is 6.17. The van der Waals surface area contributed by atoms with E-state index >= 15 is 0 Å². The van der Waals surface area contributed by atoms with Crippen LogP contribution in [-0.2, 0) is 9.59 Å². The van der Waals surface area contributed by atoms with Crippen LogP contribution < -0.4 is 15.5 Å². The van der Waals surface area contributed by atoms with E-state index in [-0.39, 0.29) is 5.41 Å². The van der Waals surface area contributed by atoms with Gasteiger partial charge >= 0.3 is 11.8 Å². The molecule has 1 aliphatic carbocycles. The Labute approximate surface area is 177 Å². The van der Waals surface area contributed by atoms with Crippen LogP contribution >= 0.6 is 0 Å². The van der Waals surface area contributed by atoms with Crippen LogP contribution in [0.3, 0.4) is 0 Å². The van der Waals surface area contributed by atoms with Gasteiger partial charge in [-0.2, -0.15) is 5.10 Å². The Morgan fingerprint density at radius 1 is 0.900 bits per heavy atom. The van der Waals surface area contributed by atoms with Gasteiger partial charge in [-0.05, 0) is 73.4 Å². The number of benzene rings is 2. The highest BCUT2D eigenvalue weighted by molar-refractivity contribution is 6.39. The molecule has 1 saturated carbocycles. The van der Waals surface area contributed by atoms with E-state index in [1.54, 1.807) is 24.3 Å². The molecule has 2 amide bonds. The summed E-state index contributed by atoms with van der Waals surface area (Å²) >= 11 is 0. The third-order valence-electron chi connectivity index (χ3n) is 5.40. The Morgan fingerprint density at radius 2 is 1.50 bits per heavy atom. The highest BCUT2D eigenvalue weighted by Gasteiger charge is 2.28. The average molecular weight is 408 g/mol. The van der Waals surface area contributed by atoms with E-state index in [1.807, 2.05) is 30.3 Å². The first-order valence-electron chi connectivity index (χ1n) is 10.3. The summed E-state index contributed by atoms with van der Waals surface area (Å²) in [5, 5.41) is 6.73. The fraction of sp³-hybridized carbons (Fsp3) is 0.375. The second-order valence-electron chi connectivity index (χ2n) is 8.65. The summed E-state index contributed by atoms with van der Waals surface area (Å²) < 4.78 is 5.71. The highest BCUT2D eigenvalue weighted by Crippen LogP contribution is 2.36. The van der Waals surface area contributed by atoms with Crippen LogP contribution in [-0.4, -0.2) is 17.5 Å². The number of hydrazone groups is 1. The molecule has 0 aromatic heterocycles. The molecule has 6 heteroatoms. The maximum absolute atomic E-state index is 12.1. The molecule has 0 heterocycles. The van der Waals surface area contributed by atoms with Crippen LogP contribution in [0.25, 0.3) is 0 Å². The van der Waals surface area contributed by atoms with Crippen molar-refractivity contribution in [2.24, 2.45) is 16.4 Å². The van der Waals surface area contributed by atoms with Gasteiger partial charge in [0.25, 0.3) is 0 Å². The van der Waals surface area contributed by atoms with Gasteiger partial charge in [-0.15, -0.1) is 0 Å². The summed E-state index contributed by atoms with van der Waals surface area (Å²) in [4.78, 5) is 24.2. The fourth-order valence-corrected chi connectivity index (χ4v) is 3.53. The number of hydrogen-bond acceptors (Lipinski definition) is 4. The van der Waals surface area contributed by atoms with Crippen molar-refractivity contribution in [3.05, 3.63) is 54.6 Å². The van der Waals surface area contributed by atoms with Gasteiger partial charge in [-0.1, -0.05) is 39.0 Å². The quantitative estimate of drug-likeness (QED) is 0.545. The first-order chi connectivity index (χ1) is 14.3. The zero-order valence-corrected chi connectivity index (χ0v) is 17.8. The van der Waals surface area contributed by atoms with Crippen molar-refractivity contribution in [3.8, 4) is 11.5 Å². The van der Waals surface area contributed by atoms with Crippen LogP contribution in [0.5, 0.6) is 11.5 Å². The molecular weight excluding hydrogens is 378 g/mol. The Hall–Kier alpha value is -3.15. The van der Waals surface area contributed by atoms with Gasteiger partial charge in [0.1, 0.15) is 11.5 Å². The Bertz CT molecular complexity index is 890. The van der Waals surface area contributed by atoms with Gasteiger partial charge < -0.3 is 10.1 Å². The number of rotatable bonds is 4. The predicted octanol–water partition coefficient (Wildman–Crippen LogP) is 5.13. The second-order valence-corrected chi connectivity index (χ2v) is 8.65. The van der Waals surface area contributed by atoms with E-state index in [1.165, 1.54) is 0 Å². The smallest absolute Gasteiger partial charge is 0.329 e. The first kappa shape index (κ1) is 21.6. The summed E-state index contributed by atoms with van der Waals surface area (Å²) in [7, 11) is 0. The lowest BCUT2D eigenvalue weighted by Gasteiger charge is -2.34. The number of carbonyl (C=O) groups is 2. The minimum Gasteiger partial charge on any atom is -0.457 e. The predicted molar refractivity (Wildman–Crippen MR) is 119 cm³/mol. The van der Waals surface area contributed by atoms with Gasteiger partial charge in [0, 0.05) is 11.4 Å². The fourth-order valence-electron chi connectivity index (χ4n) is 3.53. The number of anilines is 1. The molecule has 6 nitrogen and oxygen atoms in total. The molecule has 0 bridgehead atoms. The van der Waals surface area contributed by atoms with Gasteiger partial charge in [0.15, 0.2) is 0 Å². The first-order valence-corrected chi connectivity index (χ1v) is 10.3. The Balaban J connectivity index is 1.47. The Morgan fingerprint density at radius 3 is 2.10 bits per heavy atom. The lowest BCUT2D eigenvalue weighted by molar-refractivity contribution is -0.136. The van der Waals surface area contributed by atoms with E-state index in [0.717, 1.165) is 37.1 Å². The second kappa shape index (κ2) is 9.57. The summed E-state index contributed by atoms with van der Waals surface area (Å²) in [6.07, 6.45) is 3.82. The van der Waals surface area contributed by atoms with Crippen LogP contribution in [0.2, 0.25) is 0 Å². The van der Waals surface area contributed by atoms with Crippen LogP contribution in [0.15, 0.2) is 59.7 Å². The standard InChI is InChI=1S/C24H29N3O3/c1-24(2,3)17-9-11-19(12-10-17)26-27-23(29)22(28)25-18-13-15-21(16-14-18)30-20-7-5-4-6-8-20/h4-8,13-17H,9-12H2,1-3H3,(H,25,28)(H,27,29). The molecule has 2 N–H and O–H groups in total. The summed E-state index contributed by atoms with van der Waals surface area (Å²) in [6.45, 7) is 6.77.